The Balaban J connectivity index is 1.49. The lowest BCUT2D eigenvalue weighted by Gasteiger charge is -2.23. The van der Waals surface area contributed by atoms with Crippen molar-refractivity contribution in [3.05, 3.63) is 95.4 Å². The Morgan fingerprint density at radius 2 is 1.77 bits per heavy atom. The van der Waals surface area contributed by atoms with Crippen molar-refractivity contribution >= 4 is 23.4 Å². The average Bonchev–Trinajstić information content (AvgIpc) is 3.48. The molecule has 30 heavy (non-hydrogen) atoms. The Labute approximate surface area is 180 Å². The molecule has 152 valence electrons. The fourth-order valence-corrected chi connectivity index (χ4v) is 3.74. The smallest absolute Gasteiger partial charge is 0.254 e. The van der Waals surface area contributed by atoms with Gasteiger partial charge in [-0.05, 0) is 41.0 Å². The van der Waals surface area contributed by atoms with Gasteiger partial charge < -0.3 is 14.6 Å². The van der Waals surface area contributed by atoms with Crippen molar-refractivity contribution in [1.82, 2.24) is 10.2 Å². The minimum absolute atomic E-state index is 0.193. The third-order valence-corrected chi connectivity index (χ3v) is 5.49. The quantitative estimate of drug-likeness (QED) is 0.656. The Bertz CT molecular complexity index is 1040. The summed E-state index contributed by atoms with van der Waals surface area (Å²) in [4.78, 5) is 27.5. The van der Waals surface area contributed by atoms with Gasteiger partial charge in [0.05, 0.1) is 12.8 Å². The van der Waals surface area contributed by atoms with Crippen LogP contribution in [0.25, 0.3) is 11.1 Å². The van der Waals surface area contributed by atoms with Crippen LogP contribution in [-0.4, -0.2) is 29.3 Å². The number of nitrogens with one attached hydrogen (secondary N) is 1. The third-order valence-electron chi connectivity index (χ3n) is 5.18. The molecule has 0 saturated carbocycles. The van der Waals surface area contributed by atoms with Gasteiger partial charge in [0.15, 0.2) is 0 Å². The molecule has 1 aliphatic rings. The van der Waals surface area contributed by atoms with Gasteiger partial charge in [-0.1, -0.05) is 54.1 Å². The van der Waals surface area contributed by atoms with Crippen molar-refractivity contribution in [3.8, 4) is 11.1 Å². The summed E-state index contributed by atoms with van der Waals surface area (Å²) in [7, 11) is 0. The number of furan rings is 1. The van der Waals surface area contributed by atoms with Crippen LogP contribution in [0.2, 0.25) is 0 Å². The number of likely N-dealkylation sites (tertiary alicyclic amines) is 1. The molecule has 2 heterocycles. The molecule has 1 fully saturated rings. The van der Waals surface area contributed by atoms with Gasteiger partial charge in [0.2, 0.25) is 5.91 Å². The maximum absolute atomic E-state index is 13.2. The second-order valence-electron chi connectivity index (χ2n) is 7.16. The van der Waals surface area contributed by atoms with E-state index in [4.69, 9.17) is 16.0 Å². The summed E-state index contributed by atoms with van der Waals surface area (Å²) >= 11 is 5.89. The minimum Gasteiger partial charge on any atom is -0.467 e. The summed E-state index contributed by atoms with van der Waals surface area (Å²) < 4.78 is 5.25. The van der Waals surface area contributed by atoms with Gasteiger partial charge in [0, 0.05) is 24.1 Å². The highest BCUT2D eigenvalue weighted by Gasteiger charge is 2.37. The Morgan fingerprint density at radius 3 is 2.43 bits per heavy atom. The molecule has 1 aromatic heterocycles. The van der Waals surface area contributed by atoms with E-state index >= 15 is 0 Å². The first kappa shape index (κ1) is 20.0. The predicted molar refractivity (Wildman–Crippen MR) is 116 cm³/mol. The number of rotatable bonds is 5. The van der Waals surface area contributed by atoms with Gasteiger partial charge >= 0.3 is 0 Å². The van der Waals surface area contributed by atoms with Gasteiger partial charge in [-0.15, -0.1) is 0 Å². The van der Waals surface area contributed by atoms with Crippen LogP contribution in [-0.2, 0) is 11.3 Å². The third kappa shape index (κ3) is 4.31. The second kappa shape index (κ2) is 9.01. The predicted octanol–water partition coefficient (Wildman–Crippen LogP) is 4.60. The van der Waals surface area contributed by atoms with Crippen molar-refractivity contribution < 1.29 is 14.0 Å². The van der Waals surface area contributed by atoms with Gasteiger partial charge in [-0.2, -0.15) is 0 Å². The van der Waals surface area contributed by atoms with E-state index in [1.807, 2.05) is 42.5 Å². The van der Waals surface area contributed by atoms with Crippen LogP contribution in [0.4, 0.5) is 0 Å². The molecule has 3 aromatic rings. The largest absolute Gasteiger partial charge is 0.467 e. The maximum atomic E-state index is 13.2. The number of carbonyl (C=O) groups is 2. The molecule has 1 N–H and O–H groups in total. The number of hydrogen-bond donors (Lipinski definition) is 1. The van der Waals surface area contributed by atoms with E-state index < -0.39 is 6.04 Å². The van der Waals surface area contributed by atoms with E-state index in [1.54, 1.807) is 35.4 Å². The zero-order valence-corrected chi connectivity index (χ0v) is 17.0. The van der Waals surface area contributed by atoms with Crippen LogP contribution in [0, 0.1) is 0 Å². The lowest BCUT2D eigenvalue weighted by molar-refractivity contribution is -0.125. The fraction of sp³-hybridized carbons (Fsp3) is 0.167. The van der Waals surface area contributed by atoms with E-state index in [9.17, 15) is 9.59 Å². The SMILES string of the molecule is O=C(NCc1ccco1)[C@@H]1C/C(=C/Cl)CN1C(=O)c1ccc(-c2ccccc2)cc1. The van der Waals surface area contributed by atoms with Gasteiger partial charge in [0.25, 0.3) is 5.91 Å². The topological polar surface area (TPSA) is 62.6 Å². The van der Waals surface area contributed by atoms with E-state index in [0.29, 0.717) is 24.3 Å². The van der Waals surface area contributed by atoms with E-state index in [1.165, 1.54) is 5.54 Å². The lowest BCUT2D eigenvalue weighted by Crippen LogP contribution is -2.45. The number of hydrogen-bond acceptors (Lipinski definition) is 3. The molecular formula is C24H21ClN2O3. The number of halogens is 1. The molecule has 0 spiro atoms. The molecule has 5 nitrogen and oxygen atoms in total. The van der Waals surface area contributed by atoms with Crippen molar-refractivity contribution in [3.63, 3.8) is 0 Å². The van der Waals surface area contributed by atoms with Crippen LogP contribution in [0.3, 0.4) is 0 Å². The van der Waals surface area contributed by atoms with E-state index in [-0.39, 0.29) is 18.4 Å². The summed E-state index contributed by atoms with van der Waals surface area (Å²) in [5.74, 6) is 0.235. The minimum atomic E-state index is -0.605. The van der Waals surface area contributed by atoms with Gasteiger partial charge in [0.1, 0.15) is 11.8 Å². The van der Waals surface area contributed by atoms with Crippen molar-refractivity contribution in [2.45, 2.75) is 19.0 Å². The van der Waals surface area contributed by atoms with Crippen LogP contribution < -0.4 is 5.32 Å². The number of carbonyl (C=O) groups excluding carboxylic acids is 2. The normalized spacial score (nSPS) is 17.3. The first-order valence-corrected chi connectivity index (χ1v) is 10.1. The number of benzene rings is 2. The highest BCUT2D eigenvalue weighted by atomic mass is 35.5. The van der Waals surface area contributed by atoms with Gasteiger partial charge in [-0.3, -0.25) is 9.59 Å². The number of amides is 2. The summed E-state index contributed by atoms with van der Waals surface area (Å²) in [5, 5.41) is 2.84. The second-order valence-corrected chi connectivity index (χ2v) is 7.38. The molecule has 4 rings (SSSR count). The summed E-state index contributed by atoms with van der Waals surface area (Å²) in [5.41, 5.74) is 4.96. The monoisotopic (exact) mass is 420 g/mol. The average molecular weight is 421 g/mol. The molecule has 0 radical (unpaired) electrons. The van der Waals surface area contributed by atoms with Crippen LogP contribution in [0.15, 0.2) is 88.5 Å². The van der Waals surface area contributed by atoms with Crippen molar-refractivity contribution in [1.29, 1.82) is 0 Å². The number of nitrogens with zero attached hydrogens (tertiary/aromatic N) is 1. The van der Waals surface area contributed by atoms with Crippen LogP contribution in [0.5, 0.6) is 0 Å². The first-order valence-electron chi connectivity index (χ1n) is 9.70. The fourth-order valence-electron chi connectivity index (χ4n) is 3.59. The standard InChI is InChI=1S/C24H21ClN2O3/c25-14-17-13-22(23(28)26-15-21-7-4-12-30-21)27(16-17)24(29)20-10-8-19(9-11-20)18-5-2-1-3-6-18/h1-12,14,22H,13,15-16H2,(H,26,28)/b17-14-/t22-/m0/s1. The molecule has 1 saturated heterocycles. The Hall–Kier alpha value is -3.31. The molecule has 0 aliphatic carbocycles. The molecule has 1 aliphatic heterocycles. The highest BCUT2D eigenvalue weighted by Crippen LogP contribution is 2.27. The molecule has 2 aromatic carbocycles. The summed E-state index contributed by atoms with van der Waals surface area (Å²) in [6, 6.07) is 20.3. The van der Waals surface area contributed by atoms with Crippen LogP contribution in [0.1, 0.15) is 22.5 Å². The summed E-state index contributed by atoms with van der Waals surface area (Å²) in [6.07, 6.45) is 1.97. The summed E-state index contributed by atoms with van der Waals surface area (Å²) in [6.45, 7) is 0.609. The molecule has 1 atom stereocenters. The molecule has 2 amide bonds. The zero-order valence-electron chi connectivity index (χ0n) is 16.3. The van der Waals surface area contributed by atoms with E-state index in [0.717, 1.165) is 16.7 Å². The zero-order chi connectivity index (χ0) is 20.9. The lowest BCUT2D eigenvalue weighted by atomic mass is 10.0. The van der Waals surface area contributed by atoms with Crippen molar-refractivity contribution in [2.24, 2.45) is 0 Å². The Kier molecular flexibility index (Phi) is 6.00. The molecule has 0 unspecified atom stereocenters. The Morgan fingerprint density at radius 1 is 1.03 bits per heavy atom. The van der Waals surface area contributed by atoms with E-state index in [2.05, 4.69) is 5.32 Å². The maximum Gasteiger partial charge on any atom is 0.254 e. The van der Waals surface area contributed by atoms with Crippen LogP contribution >= 0.6 is 11.6 Å². The highest BCUT2D eigenvalue weighted by molar-refractivity contribution is 6.25. The molecule has 6 heteroatoms. The molecular weight excluding hydrogens is 400 g/mol. The van der Waals surface area contributed by atoms with Gasteiger partial charge in [-0.25, -0.2) is 0 Å². The molecule has 0 bridgehead atoms. The first-order chi connectivity index (χ1) is 14.7. The van der Waals surface area contributed by atoms with Crippen molar-refractivity contribution in [2.75, 3.05) is 6.54 Å².